The third kappa shape index (κ3) is 3.23. The van der Waals surface area contributed by atoms with E-state index in [2.05, 4.69) is 9.97 Å². The predicted molar refractivity (Wildman–Crippen MR) is 100 cm³/mol. The van der Waals surface area contributed by atoms with E-state index in [1.54, 1.807) is 4.90 Å². The third-order valence-corrected chi connectivity index (χ3v) is 6.13. The number of rotatable bonds is 3. The molecule has 0 radical (unpaired) electrons. The quantitative estimate of drug-likeness (QED) is 0.839. The molecule has 1 aliphatic carbocycles. The molecule has 1 aliphatic heterocycles. The minimum Gasteiger partial charge on any atom is -0.368 e. The van der Waals surface area contributed by atoms with Gasteiger partial charge in [-0.15, -0.1) is 11.3 Å². The van der Waals surface area contributed by atoms with Gasteiger partial charge in [0, 0.05) is 30.3 Å². The maximum Gasteiger partial charge on any atom is 0.272 e. The number of nitrogens with two attached hydrogens (primary N) is 1. The molecule has 26 heavy (non-hydrogen) atoms. The number of hydrogen-bond acceptors (Lipinski definition) is 6. The number of anilines is 1. The second-order valence-electron chi connectivity index (χ2n) is 6.99. The van der Waals surface area contributed by atoms with E-state index in [-0.39, 0.29) is 23.6 Å². The Bertz CT molecular complexity index is 834. The van der Waals surface area contributed by atoms with Crippen LogP contribution >= 0.6 is 11.3 Å². The molecule has 0 spiro atoms. The lowest BCUT2D eigenvalue weighted by Crippen LogP contribution is -2.43. The number of carbonyl (C=O) groups excluding carboxylic acids is 2. The molecule has 4 rings (SSSR count). The van der Waals surface area contributed by atoms with Crippen LogP contribution in [-0.4, -0.2) is 39.6 Å². The zero-order valence-corrected chi connectivity index (χ0v) is 15.4. The first-order chi connectivity index (χ1) is 12.6. The van der Waals surface area contributed by atoms with E-state index in [0.717, 1.165) is 54.7 Å². The van der Waals surface area contributed by atoms with Gasteiger partial charge in [-0.05, 0) is 50.0 Å². The van der Waals surface area contributed by atoms with E-state index >= 15 is 0 Å². The summed E-state index contributed by atoms with van der Waals surface area (Å²) in [5.41, 5.74) is 8.14. The number of nitrogens with zero attached hydrogens (tertiary/aromatic N) is 3. The van der Waals surface area contributed by atoms with Crippen LogP contribution in [0.3, 0.4) is 0 Å². The summed E-state index contributed by atoms with van der Waals surface area (Å²) >= 11 is 1.46. The fraction of sp³-hybridized carbons (Fsp3) is 0.474. The van der Waals surface area contributed by atoms with Gasteiger partial charge in [-0.3, -0.25) is 9.59 Å². The first kappa shape index (κ1) is 17.1. The number of amides is 1. The summed E-state index contributed by atoms with van der Waals surface area (Å²) in [4.78, 5) is 37.0. The Labute approximate surface area is 156 Å². The standard InChI is InChI=1S/C19H22N4O2S/c20-19-21-14-7-2-1-6-13(14)16(22-19)18(25)23-9-3-5-12(11-23)17(24)15-8-4-10-26-15/h4,8,10,12H,1-3,5-7,9,11H2,(H2,20,21,22). The van der Waals surface area contributed by atoms with Crippen LogP contribution in [-0.2, 0) is 12.8 Å². The number of fused-ring (bicyclic) bond motifs is 1. The van der Waals surface area contributed by atoms with Gasteiger partial charge in [0.1, 0.15) is 5.69 Å². The van der Waals surface area contributed by atoms with Crippen molar-refractivity contribution in [3.8, 4) is 0 Å². The maximum absolute atomic E-state index is 13.1. The number of thiophene rings is 1. The highest BCUT2D eigenvalue weighted by atomic mass is 32.1. The first-order valence-corrected chi connectivity index (χ1v) is 10.0. The molecule has 1 saturated heterocycles. The molecule has 136 valence electrons. The van der Waals surface area contributed by atoms with Crippen molar-refractivity contribution in [3.05, 3.63) is 39.3 Å². The highest BCUT2D eigenvalue weighted by Crippen LogP contribution is 2.27. The van der Waals surface area contributed by atoms with Gasteiger partial charge in [0.15, 0.2) is 5.78 Å². The first-order valence-electron chi connectivity index (χ1n) is 9.15. The molecule has 2 N–H and O–H groups in total. The van der Waals surface area contributed by atoms with E-state index in [4.69, 9.17) is 5.73 Å². The van der Waals surface area contributed by atoms with Crippen LogP contribution in [0.2, 0.25) is 0 Å². The summed E-state index contributed by atoms with van der Waals surface area (Å²) in [7, 11) is 0. The molecule has 0 bridgehead atoms. The van der Waals surface area contributed by atoms with Gasteiger partial charge < -0.3 is 10.6 Å². The number of ketones is 1. The Balaban J connectivity index is 1.57. The van der Waals surface area contributed by atoms with Gasteiger partial charge in [-0.1, -0.05) is 6.07 Å². The maximum atomic E-state index is 13.1. The van der Waals surface area contributed by atoms with Crippen molar-refractivity contribution in [2.75, 3.05) is 18.8 Å². The van der Waals surface area contributed by atoms with Crippen LogP contribution in [0.5, 0.6) is 0 Å². The van der Waals surface area contributed by atoms with Crippen LogP contribution < -0.4 is 5.73 Å². The minimum atomic E-state index is -0.138. The Morgan fingerprint density at radius 1 is 1.19 bits per heavy atom. The van der Waals surface area contributed by atoms with Crippen molar-refractivity contribution < 1.29 is 9.59 Å². The Kier molecular flexibility index (Phi) is 4.72. The summed E-state index contributed by atoms with van der Waals surface area (Å²) in [5, 5.41) is 1.91. The smallest absolute Gasteiger partial charge is 0.272 e. The second kappa shape index (κ2) is 7.15. The van der Waals surface area contributed by atoms with Gasteiger partial charge in [0.05, 0.1) is 4.88 Å². The Morgan fingerprint density at radius 3 is 2.85 bits per heavy atom. The number of likely N-dealkylation sites (tertiary alicyclic amines) is 1. The molecule has 2 aromatic rings. The summed E-state index contributed by atoms with van der Waals surface area (Å²) in [6.07, 6.45) is 5.43. The minimum absolute atomic E-state index is 0.110. The van der Waals surface area contributed by atoms with Gasteiger partial charge in [0.2, 0.25) is 5.95 Å². The number of nitrogen functional groups attached to an aromatic ring is 1. The fourth-order valence-electron chi connectivity index (χ4n) is 3.94. The van der Waals surface area contributed by atoms with Crippen molar-refractivity contribution in [3.63, 3.8) is 0 Å². The zero-order chi connectivity index (χ0) is 18.1. The predicted octanol–water partition coefficient (Wildman–Crippen LogP) is 2.73. The van der Waals surface area contributed by atoms with Crippen molar-refractivity contribution in [2.24, 2.45) is 5.92 Å². The average Bonchev–Trinajstić information content (AvgIpc) is 3.21. The van der Waals surface area contributed by atoms with Gasteiger partial charge in [-0.2, -0.15) is 0 Å². The summed E-state index contributed by atoms with van der Waals surface area (Å²) in [6.45, 7) is 1.11. The number of carbonyl (C=O) groups is 2. The molecule has 6 nitrogen and oxygen atoms in total. The van der Waals surface area contributed by atoms with E-state index < -0.39 is 0 Å². The van der Waals surface area contributed by atoms with E-state index in [0.29, 0.717) is 18.8 Å². The lowest BCUT2D eigenvalue weighted by atomic mass is 9.91. The van der Waals surface area contributed by atoms with Crippen LogP contribution in [0, 0.1) is 5.92 Å². The molecule has 1 amide bonds. The molecule has 2 aliphatic rings. The molecular formula is C19H22N4O2S. The lowest BCUT2D eigenvalue weighted by Gasteiger charge is -2.32. The molecule has 1 unspecified atom stereocenters. The van der Waals surface area contributed by atoms with Gasteiger partial charge >= 0.3 is 0 Å². The van der Waals surface area contributed by atoms with E-state index in [1.165, 1.54) is 11.3 Å². The molecule has 2 aromatic heterocycles. The average molecular weight is 370 g/mol. The summed E-state index contributed by atoms with van der Waals surface area (Å²) in [6, 6.07) is 3.74. The fourth-order valence-corrected chi connectivity index (χ4v) is 4.68. The monoisotopic (exact) mass is 370 g/mol. The Hall–Kier alpha value is -2.28. The number of aryl methyl sites for hydroxylation is 1. The normalized spacial score (nSPS) is 19.8. The van der Waals surface area contributed by atoms with Crippen molar-refractivity contribution >= 4 is 29.0 Å². The largest absolute Gasteiger partial charge is 0.368 e. The number of hydrogen-bond donors (Lipinski definition) is 1. The summed E-state index contributed by atoms with van der Waals surface area (Å²) < 4.78 is 0. The Morgan fingerprint density at radius 2 is 2.04 bits per heavy atom. The SMILES string of the molecule is Nc1nc2c(c(C(=O)N3CCCC(C(=O)c4cccs4)C3)n1)CCCC2. The number of Topliss-reactive ketones (excluding diaryl/α,β-unsaturated/α-hetero) is 1. The highest BCUT2D eigenvalue weighted by molar-refractivity contribution is 7.12. The zero-order valence-electron chi connectivity index (χ0n) is 14.6. The molecule has 0 saturated carbocycles. The van der Waals surface area contributed by atoms with E-state index in [1.807, 2.05) is 17.5 Å². The molecular weight excluding hydrogens is 348 g/mol. The van der Waals surface area contributed by atoms with Gasteiger partial charge in [-0.25, -0.2) is 9.97 Å². The van der Waals surface area contributed by atoms with Crippen LogP contribution in [0.25, 0.3) is 0 Å². The molecule has 1 fully saturated rings. The van der Waals surface area contributed by atoms with Crippen molar-refractivity contribution in [2.45, 2.75) is 38.5 Å². The molecule has 3 heterocycles. The number of piperidine rings is 1. The van der Waals surface area contributed by atoms with Crippen LogP contribution in [0.4, 0.5) is 5.95 Å². The highest BCUT2D eigenvalue weighted by Gasteiger charge is 2.32. The molecule has 0 aromatic carbocycles. The molecule has 1 atom stereocenters. The van der Waals surface area contributed by atoms with Crippen molar-refractivity contribution in [1.29, 1.82) is 0 Å². The third-order valence-electron chi connectivity index (χ3n) is 5.25. The number of aromatic nitrogens is 2. The summed E-state index contributed by atoms with van der Waals surface area (Å²) in [5.74, 6) is 0.0567. The van der Waals surface area contributed by atoms with Crippen LogP contribution in [0.15, 0.2) is 17.5 Å². The van der Waals surface area contributed by atoms with Crippen LogP contribution in [0.1, 0.15) is 57.1 Å². The topological polar surface area (TPSA) is 89.2 Å². The van der Waals surface area contributed by atoms with E-state index in [9.17, 15) is 9.59 Å². The van der Waals surface area contributed by atoms with Gasteiger partial charge in [0.25, 0.3) is 5.91 Å². The second-order valence-corrected chi connectivity index (χ2v) is 7.94. The lowest BCUT2D eigenvalue weighted by molar-refractivity contribution is 0.0632. The molecule has 7 heteroatoms. The van der Waals surface area contributed by atoms with Crippen molar-refractivity contribution in [1.82, 2.24) is 14.9 Å².